The third-order valence-electron chi connectivity index (χ3n) is 2.83. The van der Waals surface area contributed by atoms with Gasteiger partial charge in [0.25, 0.3) is 0 Å². The predicted molar refractivity (Wildman–Crippen MR) is 95.4 cm³/mol. The van der Waals surface area contributed by atoms with Crippen LogP contribution in [-0.4, -0.2) is 12.7 Å². The summed E-state index contributed by atoms with van der Waals surface area (Å²) in [5, 5.41) is 9.07. The number of nitriles is 1. The van der Waals surface area contributed by atoms with Gasteiger partial charge < -0.3 is 9.47 Å². The SMILES string of the molecule is C#CC(C)(C)Oc1cc(C)cc(OC)c1/C=C(/C#N)C=C.S. The van der Waals surface area contributed by atoms with Gasteiger partial charge in [0.05, 0.1) is 24.3 Å². The molecule has 0 aliphatic heterocycles. The first kappa shape index (κ1) is 19.7. The zero-order valence-electron chi connectivity index (χ0n) is 13.4. The smallest absolute Gasteiger partial charge is 0.163 e. The number of allylic oxidation sites excluding steroid dienone is 2. The van der Waals surface area contributed by atoms with Gasteiger partial charge in [-0.2, -0.15) is 18.8 Å². The van der Waals surface area contributed by atoms with Gasteiger partial charge in [0, 0.05) is 0 Å². The first-order valence-corrected chi connectivity index (χ1v) is 6.46. The van der Waals surface area contributed by atoms with E-state index in [1.807, 2.05) is 19.1 Å². The van der Waals surface area contributed by atoms with E-state index in [1.54, 1.807) is 27.0 Å². The van der Waals surface area contributed by atoms with Crippen molar-refractivity contribution < 1.29 is 9.47 Å². The number of hydrogen-bond acceptors (Lipinski definition) is 3. The molecule has 0 aliphatic rings. The molecule has 0 aromatic heterocycles. The lowest BCUT2D eigenvalue weighted by molar-refractivity contribution is 0.171. The molecule has 0 spiro atoms. The summed E-state index contributed by atoms with van der Waals surface area (Å²) < 4.78 is 11.3. The minimum Gasteiger partial charge on any atom is -0.496 e. The summed E-state index contributed by atoms with van der Waals surface area (Å²) in [6, 6.07) is 5.80. The Bertz CT molecular complexity index is 661. The Kier molecular flexibility index (Phi) is 7.36. The second-order valence-corrected chi connectivity index (χ2v) is 5.05. The largest absolute Gasteiger partial charge is 0.496 e. The summed E-state index contributed by atoms with van der Waals surface area (Å²) in [5.74, 6) is 3.78. The molecule has 0 aliphatic carbocycles. The molecule has 0 N–H and O–H groups in total. The maximum Gasteiger partial charge on any atom is 0.163 e. The van der Waals surface area contributed by atoms with Crippen LogP contribution in [0.1, 0.15) is 25.0 Å². The first-order valence-electron chi connectivity index (χ1n) is 6.46. The Morgan fingerprint density at radius 2 is 1.95 bits per heavy atom. The minimum atomic E-state index is -0.762. The normalized spacial score (nSPS) is 10.7. The van der Waals surface area contributed by atoms with Gasteiger partial charge in [-0.25, -0.2) is 0 Å². The van der Waals surface area contributed by atoms with Crippen LogP contribution in [-0.2, 0) is 0 Å². The first-order chi connectivity index (χ1) is 9.86. The average Bonchev–Trinajstić information content (AvgIpc) is 2.45. The van der Waals surface area contributed by atoms with E-state index in [9.17, 15) is 0 Å². The second kappa shape index (κ2) is 8.22. The maximum absolute atomic E-state index is 9.07. The molecule has 116 valence electrons. The molecule has 0 heterocycles. The number of aryl methyl sites for hydroxylation is 1. The molecule has 0 fully saturated rings. The van der Waals surface area contributed by atoms with Gasteiger partial charge in [0.2, 0.25) is 0 Å². The van der Waals surface area contributed by atoms with Crippen LogP contribution < -0.4 is 9.47 Å². The summed E-state index contributed by atoms with van der Waals surface area (Å²) in [4.78, 5) is 0. The van der Waals surface area contributed by atoms with Gasteiger partial charge in [-0.15, -0.1) is 6.42 Å². The summed E-state index contributed by atoms with van der Waals surface area (Å²) in [7, 11) is 1.57. The Morgan fingerprint density at radius 1 is 1.36 bits per heavy atom. The molecule has 0 saturated carbocycles. The lowest BCUT2D eigenvalue weighted by Gasteiger charge is -2.23. The fourth-order valence-electron chi connectivity index (χ4n) is 1.72. The van der Waals surface area contributed by atoms with Crippen molar-refractivity contribution in [1.29, 1.82) is 5.26 Å². The standard InChI is InChI=1S/C18H19NO2.H2S/c1-7-14(12-19)11-15-16(20-6)9-13(3)10-17(15)21-18(4,5)8-2;/h2,7,9-11H,1H2,3-6H3;1H2/b14-11+;. The molecule has 0 amide bonds. The van der Waals surface area contributed by atoms with Gasteiger partial charge in [0.15, 0.2) is 5.60 Å². The molecule has 22 heavy (non-hydrogen) atoms. The third-order valence-corrected chi connectivity index (χ3v) is 2.83. The molecule has 4 heteroatoms. The van der Waals surface area contributed by atoms with Gasteiger partial charge in [0.1, 0.15) is 11.5 Å². The van der Waals surface area contributed by atoms with Crippen LogP contribution >= 0.6 is 13.5 Å². The number of methoxy groups -OCH3 is 1. The highest BCUT2D eigenvalue weighted by Gasteiger charge is 2.20. The predicted octanol–water partition coefficient (Wildman–Crippen LogP) is 4.00. The van der Waals surface area contributed by atoms with Crippen LogP contribution in [0, 0.1) is 30.6 Å². The fraction of sp³-hybridized carbons (Fsp3) is 0.278. The highest BCUT2D eigenvalue weighted by molar-refractivity contribution is 7.59. The minimum absolute atomic E-state index is 0. The van der Waals surface area contributed by atoms with Crippen molar-refractivity contribution in [3.63, 3.8) is 0 Å². The van der Waals surface area contributed by atoms with Crippen molar-refractivity contribution in [3.05, 3.63) is 41.5 Å². The maximum atomic E-state index is 9.07. The molecular formula is C18H21NO2S. The van der Waals surface area contributed by atoms with Crippen LogP contribution in [0.4, 0.5) is 0 Å². The van der Waals surface area contributed by atoms with Crippen LogP contribution in [0.25, 0.3) is 6.08 Å². The highest BCUT2D eigenvalue weighted by atomic mass is 32.1. The fourth-order valence-corrected chi connectivity index (χ4v) is 1.72. The summed E-state index contributed by atoms with van der Waals surface area (Å²) in [5.41, 5.74) is 1.30. The van der Waals surface area contributed by atoms with E-state index in [4.69, 9.17) is 21.2 Å². The number of ether oxygens (including phenoxy) is 2. The van der Waals surface area contributed by atoms with E-state index >= 15 is 0 Å². The van der Waals surface area contributed by atoms with Crippen LogP contribution in [0.2, 0.25) is 0 Å². The van der Waals surface area contributed by atoms with Crippen LogP contribution in [0.3, 0.4) is 0 Å². The van der Waals surface area contributed by atoms with Crippen molar-refractivity contribution >= 4 is 19.6 Å². The van der Waals surface area contributed by atoms with Crippen molar-refractivity contribution in [2.75, 3.05) is 7.11 Å². The Labute approximate surface area is 139 Å². The third kappa shape index (κ3) is 4.91. The molecule has 0 atom stereocenters. The lowest BCUT2D eigenvalue weighted by Crippen LogP contribution is -2.26. The van der Waals surface area contributed by atoms with Gasteiger partial charge in [-0.1, -0.05) is 18.6 Å². The Balaban J connectivity index is 0.00000441. The van der Waals surface area contributed by atoms with Crippen molar-refractivity contribution in [2.45, 2.75) is 26.4 Å². The van der Waals surface area contributed by atoms with E-state index < -0.39 is 5.60 Å². The highest BCUT2D eigenvalue weighted by Crippen LogP contribution is 2.34. The van der Waals surface area contributed by atoms with Gasteiger partial charge in [-0.05, 0) is 44.5 Å². The number of benzene rings is 1. The number of rotatable bonds is 5. The molecule has 1 rings (SSSR count). The van der Waals surface area contributed by atoms with E-state index in [2.05, 4.69) is 18.6 Å². The molecule has 1 aromatic rings. The lowest BCUT2D eigenvalue weighted by atomic mass is 10.0. The zero-order valence-corrected chi connectivity index (χ0v) is 14.4. The topological polar surface area (TPSA) is 42.2 Å². The monoisotopic (exact) mass is 315 g/mol. The van der Waals surface area contributed by atoms with Crippen molar-refractivity contribution in [1.82, 2.24) is 0 Å². The molecule has 0 saturated heterocycles. The molecular weight excluding hydrogens is 294 g/mol. The molecule has 3 nitrogen and oxygen atoms in total. The van der Waals surface area contributed by atoms with E-state index in [0.717, 1.165) is 5.56 Å². The van der Waals surface area contributed by atoms with Crippen LogP contribution in [0.15, 0.2) is 30.4 Å². The average molecular weight is 315 g/mol. The summed E-state index contributed by atoms with van der Waals surface area (Å²) in [6.45, 7) is 9.15. The quantitative estimate of drug-likeness (QED) is 0.468. The Hall–Kier alpha value is -2.30. The van der Waals surface area contributed by atoms with E-state index in [-0.39, 0.29) is 13.5 Å². The van der Waals surface area contributed by atoms with Crippen molar-refractivity contribution in [2.24, 2.45) is 0 Å². The summed E-state index contributed by atoms with van der Waals surface area (Å²) in [6.07, 6.45) is 8.63. The second-order valence-electron chi connectivity index (χ2n) is 5.05. The number of nitrogens with zero attached hydrogens (tertiary/aromatic N) is 1. The molecule has 0 unspecified atom stereocenters. The van der Waals surface area contributed by atoms with Gasteiger partial charge >= 0.3 is 0 Å². The Morgan fingerprint density at radius 3 is 2.41 bits per heavy atom. The van der Waals surface area contributed by atoms with E-state index in [0.29, 0.717) is 22.6 Å². The van der Waals surface area contributed by atoms with Gasteiger partial charge in [-0.3, -0.25) is 0 Å². The molecule has 0 radical (unpaired) electrons. The van der Waals surface area contributed by atoms with Crippen LogP contribution in [0.5, 0.6) is 11.5 Å². The molecule has 1 aromatic carbocycles. The number of terminal acetylenes is 1. The van der Waals surface area contributed by atoms with Crippen molar-refractivity contribution in [3.8, 4) is 29.9 Å². The summed E-state index contributed by atoms with van der Waals surface area (Å²) >= 11 is 0. The number of hydrogen-bond donors (Lipinski definition) is 0. The van der Waals surface area contributed by atoms with E-state index in [1.165, 1.54) is 6.08 Å². The zero-order chi connectivity index (χ0) is 16.0. The molecule has 0 bridgehead atoms.